The second-order valence-electron chi connectivity index (χ2n) is 5.92. The van der Waals surface area contributed by atoms with Gasteiger partial charge in [-0.2, -0.15) is 13.2 Å². The molecule has 0 N–H and O–H groups in total. The van der Waals surface area contributed by atoms with Crippen molar-refractivity contribution < 1.29 is 22.0 Å². The predicted molar refractivity (Wildman–Crippen MR) is 75.4 cm³/mol. The molecule has 1 saturated carbocycles. The first-order valence-electron chi connectivity index (χ1n) is 7.53. The monoisotopic (exact) mass is 318 g/mol. The maximum atomic E-state index is 13.5. The number of aryl methyl sites for hydroxylation is 1. The van der Waals surface area contributed by atoms with E-state index in [0.717, 1.165) is 6.42 Å². The van der Waals surface area contributed by atoms with Crippen LogP contribution in [0.15, 0.2) is 36.2 Å². The number of rotatable bonds is 4. The van der Waals surface area contributed by atoms with Crippen LogP contribution in [-0.2, 0) is 6.42 Å². The Balaban J connectivity index is 1.80. The van der Waals surface area contributed by atoms with Crippen LogP contribution in [-0.4, -0.2) is 6.18 Å². The van der Waals surface area contributed by atoms with Crippen molar-refractivity contribution in [1.82, 2.24) is 0 Å². The molecule has 0 aliphatic heterocycles. The van der Waals surface area contributed by atoms with E-state index >= 15 is 0 Å². The first kappa shape index (κ1) is 17.0. The van der Waals surface area contributed by atoms with Gasteiger partial charge in [-0.1, -0.05) is 18.2 Å². The average molecular weight is 318 g/mol. The molecular formula is C17H19F5. The van der Waals surface area contributed by atoms with Crippen LogP contribution in [0.5, 0.6) is 0 Å². The molecule has 0 radical (unpaired) electrons. The summed E-state index contributed by atoms with van der Waals surface area (Å²) in [5.74, 6) is -1.57. The third kappa shape index (κ3) is 5.11. The third-order valence-electron chi connectivity index (χ3n) is 4.32. The molecule has 5 heteroatoms. The largest absolute Gasteiger partial charge is 0.412 e. The number of hydrogen-bond donors (Lipinski definition) is 0. The highest BCUT2D eigenvalue weighted by Gasteiger charge is 2.30. The number of alkyl halides is 3. The van der Waals surface area contributed by atoms with E-state index in [1.165, 1.54) is 6.07 Å². The van der Waals surface area contributed by atoms with Crippen molar-refractivity contribution in [3.05, 3.63) is 47.5 Å². The first-order valence-corrected chi connectivity index (χ1v) is 7.53. The Morgan fingerprint density at radius 3 is 2.32 bits per heavy atom. The van der Waals surface area contributed by atoms with Gasteiger partial charge in [0.15, 0.2) is 0 Å². The molecule has 122 valence electrons. The second-order valence-corrected chi connectivity index (χ2v) is 5.92. The Bertz CT molecular complexity index is 510. The van der Waals surface area contributed by atoms with E-state index in [-0.39, 0.29) is 11.9 Å². The van der Waals surface area contributed by atoms with Crippen molar-refractivity contribution in [3.63, 3.8) is 0 Å². The molecule has 1 aromatic rings. The molecule has 0 atom stereocenters. The molecule has 22 heavy (non-hydrogen) atoms. The fourth-order valence-corrected chi connectivity index (χ4v) is 3.06. The molecule has 1 aliphatic rings. The van der Waals surface area contributed by atoms with Gasteiger partial charge in [0.1, 0.15) is 11.6 Å². The van der Waals surface area contributed by atoms with E-state index in [4.69, 9.17) is 0 Å². The van der Waals surface area contributed by atoms with Crippen molar-refractivity contribution >= 4 is 0 Å². The molecule has 2 rings (SSSR count). The molecule has 0 amide bonds. The Kier molecular flexibility index (Phi) is 5.59. The Morgan fingerprint density at radius 1 is 1.09 bits per heavy atom. The minimum absolute atomic E-state index is 0.225. The molecule has 1 aliphatic carbocycles. The Morgan fingerprint density at radius 2 is 1.73 bits per heavy atom. The molecule has 0 unspecified atom stereocenters. The van der Waals surface area contributed by atoms with Gasteiger partial charge in [-0.25, -0.2) is 8.78 Å². The summed E-state index contributed by atoms with van der Waals surface area (Å²) in [5.41, 5.74) is 0.660. The number of allylic oxidation sites excluding steroid dienone is 2. The second kappa shape index (κ2) is 7.25. The van der Waals surface area contributed by atoms with Crippen molar-refractivity contribution in [1.29, 1.82) is 0 Å². The van der Waals surface area contributed by atoms with Crippen molar-refractivity contribution in [3.8, 4) is 0 Å². The quantitative estimate of drug-likeness (QED) is 0.599. The maximum absolute atomic E-state index is 13.5. The summed E-state index contributed by atoms with van der Waals surface area (Å²) in [6.45, 7) is 0. The summed E-state index contributed by atoms with van der Waals surface area (Å²) >= 11 is 0. The molecule has 1 fully saturated rings. The van der Waals surface area contributed by atoms with Crippen LogP contribution in [0.3, 0.4) is 0 Å². The van der Waals surface area contributed by atoms with E-state index in [0.29, 0.717) is 43.6 Å². The smallest absolute Gasteiger partial charge is 0.212 e. The standard InChI is InChI=1S/C17H19F5/c18-15-4-2-1-3-13(15)8-5-12-6-9-14(10-7-12)16(19)11-17(20,21)22/h1-4,11-12,14H,5-10H2/b16-11+. The topological polar surface area (TPSA) is 0 Å². The van der Waals surface area contributed by atoms with Gasteiger partial charge in [-0.15, -0.1) is 0 Å². The molecule has 0 saturated heterocycles. The lowest BCUT2D eigenvalue weighted by Crippen LogP contribution is -2.17. The molecular weight excluding hydrogens is 299 g/mol. The van der Waals surface area contributed by atoms with Gasteiger partial charge >= 0.3 is 6.18 Å². The van der Waals surface area contributed by atoms with Gasteiger partial charge in [-0.3, -0.25) is 0 Å². The lowest BCUT2D eigenvalue weighted by atomic mass is 9.79. The molecule has 0 bridgehead atoms. The van der Waals surface area contributed by atoms with Gasteiger partial charge in [0.05, 0.1) is 6.08 Å². The summed E-state index contributed by atoms with van der Waals surface area (Å²) in [6, 6.07) is 6.59. The van der Waals surface area contributed by atoms with Crippen molar-refractivity contribution in [2.24, 2.45) is 11.8 Å². The molecule has 0 aromatic heterocycles. The minimum Gasteiger partial charge on any atom is -0.212 e. The predicted octanol–water partition coefficient (Wildman–Crippen LogP) is 5.98. The van der Waals surface area contributed by atoms with E-state index < -0.39 is 17.9 Å². The summed E-state index contributed by atoms with van der Waals surface area (Å²) in [6.07, 6.45) is -1.17. The van der Waals surface area contributed by atoms with Gasteiger partial charge in [0.25, 0.3) is 0 Å². The SMILES string of the molecule is F/C(=C/C(F)(F)F)C1CCC(CCc2ccccc2F)CC1. The highest BCUT2D eigenvalue weighted by atomic mass is 19.4. The van der Waals surface area contributed by atoms with Crippen LogP contribution in [0.25, 0.3) is 0 Å². The molecule has 0 nitrogen and oxygen atoms in total. The normalized spacial score (nSPS) is 23.6. The number of benzene rings is 1. The van der Waals surface area contributed by atoms with E-state index in [2.05, 4.69) is 0 Å². The van der Waals surface area contributed by atoms with Gasteiger partial charge < -0.3 is 0 Å². The Hall–Kier alpha value is -1.39. The highest BCUT2D eigenvalue weighted by molar-refractivity contribution is 5.17. The van der Waals surface area contributed by atoms with Crippen molar-refractivity contribution in [2.45, 2.75) is 44.7 Å². The average Bonchev–Trinajstić information content (AvgIpc) is 2.45. The lowest BCUT2D eigenvalue weighted by molar-refractivity contribution is -0.0821. The zero-order valence-corrected chi connectivity index (χ0v) is 12.2. The van der Waals surface area contributed by atoms with Crippen LogP contribution in [0.1, 0.15) is 37.7 Å². The van der Waals surface area contributed by atoms with Crippen LogP contribution in [0.4, 0.5) is 22.0 Å². The first-order chi connectivity index (χ1) is 10.3. The van der Waals surface area contributed by atoms with E-state index in [1.807, 2.05) is 0 Å². The van der Waals surface area contributed by atoms with Crippen LogP contribution in [0, 0.1) is 17.7 Å². The van der Waals surface area contributed by atoms with E-state index in [1.54, 1.807) is 18.2 Å². The maximum Gasteiger partial charge on any atom is 0.412 e. The van der Waals surface area contributed by atoms with Crippen LogP contribution in [0.2, 0.25) is 0 Å². The fourth-order valence-electron chi connectivity index (χ4n) is 3.06. The molecule has 0 heterocycles. The summed E-state index contributed by atoms with van der Waals surface area (Å²) in [4.78, 5) is 0. The van der Waals surface area contributed by atoms with Gasteiger partial charge in [0, 0.05) is 5.92 Å². The van der Waals surface area contributed by atoms with Crippen molar-refractivity contribution in [2.75, 3.05) is 0 Å². The van der Waals surface area contributed by atoms with Crippen LogP contribution < -0.4 is 0 Å². The van der Waals surface area contributed by atoms with Gasteiger partial charge in [0.2, 0.25) is 0 Å². The lowest BCUT2D eigenvalue weighted by Gasteiger charge is -2.27. The third-order valence-corrected chi connectivity index (χ3v) is 4.32. The highest BCUT2D eigenvalue weighted by Crippen LogP contribution is 2.37. The zero-order chi connectivity index (χ0) is 16.2. The van der Waals surface area contributed by atoms with Gasteiger partial charge in [-0.05, 0) is 56.1 Å². The molecule has 0 spiro atoms. The zero-order valence-electron chi connectivity index (χ0n) is 12.2. The summed E-state index contributed by atoms with van der Waals surface area (Å²) in [5, 5.41) is 0. The molecule has 1 aromatic carbocycles. The van der Waals surface area contributed by atoms with Crippen LogP contribution >= 0.6 is 0 Å². The Labute approximate surface area is 127 Å². The number of hydrogen-bond acceptors (Lipinski definition) is 0. The van der Waals surface area contributed by atoms with E-state index in [9.17, 15) is 22.0 Å². The minimum atomic E-state index is -4.59. The number of halogens is 5. The summed E-state index contributed by atoms with van der Waals surface area (Å²) in [7, 11) is 0. The summed E-state index contributed by atoms with van der Waals surface area (Å²) < 4.78 is 63.4. The fraction of sp³-hybridized carbons (Fsp3) is 0.529.